The second-order valence-corrected chi connectivity index (χ2v) is 10.1. The highest BCUT2D eigenvalue weighted by Gasteiger charge is 2.24. The number of carboxylic acids is 1. The van der Waals surface area contributed by atoms with Crippen LogP contribution in [0.1, 0.15) is 39.3 Å². The van der Waals surface area contributed by atoms with Gasteiger partial charge in [0.15, 0.2) is 0 Å². The van der Waals surface area contributed by atoms with Gasteiger partial charge in [0, 0.05) is 41.3 Å². The molecule has 43 heavy (non-hydrogen) atoms. The Bertz CT molecular complexity index is 1890. The summed E-state index contributed by atoms with van der Waals surface area (Å²) in [5.74, 6) is -0.278. The summed E-state index contributed by atoms with van der Waals surface area (Å²) in [5, 5.41) is 9.45. The van der Waals surface area contributed by atoms with Crippen LogP contribution in [0.3, 0.4) is 0 Å². The molecule has 1 N–H and O–H groups in total. The second-order valence-electron chi connectivity index (χ2n) is 10.1. The van der Waals surface area contributed by atoms with Gasteiger partial charge in [-0.05, 0) is 55.0 Å². The highest BCUT2D eigenvalue weighted by Crippen LogP contribution is 2.29. The van der Waals surface area contributed by atoms with Crippen molar-refractivity contribution in [1.29, 1.82) is 0 Å². The molecule has 0 bridgehead atoms. The van der Waals surface area contributed by atoms with Crippen LogP contribution in [0.25, 0.3) is 22.3 Å². The molecule has 3 heterocycles. The molecular formula is C33H24F3N3O4. The molecule has 0 aliphatic carbocycles. The summed E-state index contributed by atoms with van der Waals surface area (Å²) < 4.78 is 58.2. The van der Waals surface area contributed by atoms with Gasteiger partial charge in [-0.25, -0.2) is 27.9 Å². The van der Waals surface area contributed by atoms with Crippen molar-refractivity contribution in [2.45, 2.75) is 32.1 Å². The molecule has 0 unspecified atom stereocenters. The van der Waals surface area contributed by atoms with Crippen molar-refractivity contribution >= 4 is 17.0 Å². The summed E-state index contributed by atoms with van der Waals surface area (Å²) in [4.78, 5) is 20.5. The first-order valence-corrected chi connectivity index (χ1v) is 13.5. The molecule has 0 saturated carbocycles. The minimum absolute atomic E-state index is 0.0853. The zero-order chi connectivity index (χ0) is 30.1. The Morgan fingerprint density at radius 1 is 1.05 bits per heavy atom. The van der Waals surface area contributed by atoms with Crippen LogP contribution in [0.2, 0.25) is 0 Å². The van der Waals surface area contributed by atoms with Crippen molar-refractivity contribution in [3.63, 3.8) is 0 Å². The highest BCUT2D eigenvalue weighted by atomic mass is 19.1. The predicted octanol–water partition coefficient (Wildman–Crippen LogP) is 6.15. The first kappa shape index (κ1) is 28.0. The minimum Gasteiger partial charge on any atom is -0.478 e. The molecule has 1 fully saturated rings. The Morgan fingerprint density at radius 3 is 2.51 bits per heavy atom. The Hall–Kier alpha value is -5.14. The fraction of sp³-hybridized carbons (Fsp3) is 0.182. The molecule has 0 amide bonds. The van der Waals surface area contributed by atoms with E-state index in [1.165, 1.54) is 36.4 Å². The van der Waals surface area contributed by atoms with Crippen LogP contribution in [0.5, 0.6) is 5.88 Å². The Balaban J connectivity index is 1.26. The maximum Gasteiger partial charge on any atom is 0.335 e. The third-order valence-electron chi connectivity index (χ3n) is 7.34. The van der Waals surface area contributed by atoms with E-state index in [0.29, 0.717) is 35.6 Å². The SMILES string of the molecule is C#Cc1ccc(COc2cccc(-c3cc(F)c(Cc4nc5ccc(C(=O)O)cc5n4C[C@@H]4CCO4)c(F)c3)n2)c(F)c1. The predicted molar refractivity (Wildman–Crippen MR) is 152 cm³/mol. The molecule has 0 radical (unpaired) electrons. The number of nitrogens with zero attached hydrogens (tertiary/aromatic N) is 3. The fourth-order valence-electron chi connectivity index (χ4n) is 4.92. The molecule has 1 atom stereocenters. The highest BCUT2D eigenvalue weighted by molar-refractivity contribution is 5.92. The van der Waals surface area contributed by atoms with Gasteiger partial charge in [0.05, 0.1) is 34.9 Å². The van der Waals surface area contributed by atoms with Gasteiger partial charge in [-0.2, -0.15) is 0 Å². The maximum atomic E-state index is 15.5. The lowest BCUT2D eigenvalue weighted by molar-refractivity contribution is -0.0589. The molecule has 5 aromatic rings. The number of aromatic carboxylic acids is 1. The minimum atomic E-state index is -1.09. The van der Waals surface area contributed by atoms with E-state index in [1.54, 1.807) is 34.9 Å². The molecule has 3 aromatic carbocycles. The van der Waals surface area contributed by atoms with E-state index in [4.69, 9.17) is 15.9 Å². The number of carboxylic acid groups (broad SMARTS) is 1. The number of fused-ring (bicyclic) bond motifs is 1. The molecule has 2 aromatic heterocycles. The number of pyridine rings is 1. The third kappa shape index (κ3) is 5.80. The van der Waals surface area contributed by atoms with Crippen LogP contribution in [-0.4, -0.2) is 38.3 Å². The summed E-state index contributed by atoms with van der Waals surface area (Å²) in [6.07, 6.45) is 5.85. The summed E-state index contributed by atoms with van der Waals surface area (Å²) in [5.41, 5.74) is 2.11. The van der Waals surface area contributed by atoms with Gasteiger partial charge in [-0.15, -0.1) is 6.42 Å². The summed E-state index contributed by atoms with van der Waals surface area (Å²) >= 11 is 0. The van der Waals surface area contributed by atoms with E-state index >= 15 is 8.78 Å². The van der Waals surface area contributed by atoms with Gasteiger partial charge in [-0.3, -0.25) is 0 Å². The molecule has 6 rings (SSSR count). The van der Waals surface area contributed by atoms with Crippen molar-refractivity contribution in [2.75, 3.05) is 6.61 Å². The molecule has 0 spiro atoms. The van der Waals surface area contributed by atoms with Crippen molar-refractivity contribution in [2.24, 2.45) is 0 Å². The number of rotatable bonds is 9. The number of imidazole rings is 1. The zero-order valence-electron chi connectivity index (χ0n) is 22.7. The summed E-state index contributed by atoms with van der Waals surface area (Å²) in [6, 6.07) is 16.0. The van der Waals surface area contributed by atoms with Gasteiger partial charge in [0.2, 0.25) is 5.88 Å². The molecule has 10 heteroatoms. The number of ether oxygens (including phenoxy) is 2. The number of hydrogen-bond donors (Lipinski definition) is 1. The van der Waals surface area contributed by atoms with E-state index in [9.17, 15) is 14.3 Å². The average molecular weight is 584 g/mol. The standard InChI is InChI=1S/C33H24F3N3O4/c1-2-19-6-7-21(25(34)12-19)18-43-32-5-3-4-28(38-32)22-13-26(35)24(27(36)14-22)16-31-37-29-9-8-20(33(40)41)15-30(29)39(31)17-23-10-11-42-23/h1,3-9,12-15,23H,10-11,16-18H2,(H,40,41)/t23-/m0/s1. The van der Waals surface area contributed by atoms with Crippen LogP contribution in [0, 0.1) is 29.8 Å². The van der Waals surface area contributed by atoms with Gasteiger partial charge in [0.1, 0.15) is 29.9 Å². The number of terminal acetylenes is 1. The lowest BCUT2D eigenvalue weighted by atomic mass is 10.0. The van der Waals surface area contributed by atoms with Crippen LogP contribution in [0.4, 0.5) is 13.2 Å². The number of aromatic nitrogens is 3. The molecule has 1 saturated heterocycles. The van der Waals surface area contributed by atoms with Gasteiger partial charge in [0.25, 0.3) is 0 Å². The zero-order valence-corrected chi connectivity index (χ0v) is 22.7. The number of benzene rings is 3. The lowest BCUT2D eigenvalue weighted by Gasteiger charge is -2.27. The quantitative estimate of drug-likeness (QED) is 0.210. The third-order valence-corrected chi connectivity index (χ3v) is 7.34. The van der Waals surface area contributed by atoms with Gasteiger partial charge >= 0.3 is 5.97 Å². The van der Waals surface area contributed by atoms with Gasteiger partial charge in [-0.1, -0.05) is 18.1 Å². The largest absolute Gasteiger partial charge is 0.478 e. The summed E-state index contributed by atoms with van der Waals surface area (Å²) in [6.45, 7) is 0.884. The van der Waals surface area contributed by atoms with Crippen molar-refractivity contribution in [1.82, 2.24) is 14.5 Å². The average Bonchev–Trinajstić information content (AvgIpc) is 3.32. The molecular weight excluding hydrogens is 559 g/mol. The molecule has 7 nitrogen and oxygen atoms in total. The number of halogens is 3. The topological polar surface area (TPSA) is 86.5 Å². The Labute approximate surface area is 244 Å². The first-order valence-electron chi connectivity index (χ1n) is 13.5. The van der Waals surface area contributed by atoms with Crippen LogP contribution in [-0.2, 0) is 24.3 Å². The van der Waals surface area contributed by atoms with Crippen LogP contribution in [0.15, 0.2) is 66.7 Å². The normalized spacial score (nSPS) is 14.3. The van der Waals surface area contributed by atoms with Crippen LogP contribution < -0.4 is 4.74 Å². The van der Waals surface area contributed by atoms with Gasteiger partial charge < -0.3 is 19.1 Å². The first-order chi connectivity index (χ1) is 20.8. The summed E-state index contributed by atoms with van der Waals surface area (Å²) in [7, 11) is 0. The second kappa shape index (κ2) is 11.6. The Morgan fingerprint density at radius 2 is 1.84 bits per heavy atom. The van der Waals surface area contributed by atoms with E-state index in [-0.39, 0.29) is 53.0 Å². The monoisotopic (exact) mass is 583 g/mol. The van der Waals surface area contributed by atoms with E-state index < -0.39 is 23.4 Å². The van der Waals surface area contributed by atoms with Crippen molar-refractivity contribution < 1.29 is 32.5 Å². The van der Waals surface area contributed by atoms with Crippen molar-refractivity contribution in [3.8, 4) is 29.5 Å². The molecule has 1 aliphatic heterocycles. The fourth-order valence-corrected chi connectivity index (χ4v) is 4.92. The number of carbonyl (C=O) groups is 1. The van der Waals surface area contributed by atoms with E-state index in [0.717, 1.165) is 6.42 Å². The van der Waals surface area contributed by atoms with Crippen molar-refractivity contribution in [3.05, 3.63) is 112 Å². The maximum absolute atomic E-state index is 15.5. The van der Waals surface area contributed by atoms with E-state index in [2.05, 4.69) is 15.9 Å². The van der Waals surface area contributed by atoms with Crippen LogP contribution >= 0.6 is 0 Å². The molecule has 216 valence electrons. The van der Waals surface area contributed by atoms with E-state index in [1.807, 2.05) is 0 Å². The number of hydrogen-bond acceptors (Lipinski definition) is 5. The Kier molecular flexibility index (Phi) is 7.57. The smallest absolute Gasteiger partial charge is 0.335 e. The lowest BCUT2D eigenvalue weighted by Crippen LogP contribution is -2.31. The molecule has 1 aliphatic rings.